The van der Waals surface area contributed by atoms with E-state index in [-0.39, 0.29) is 6.54 Å². The number of alkyl halides is 3. The number of nitrogens with zero attached hydrogens (tertiary/aromatic N) is 6. The van der Waals surface area contributed by atoms with Gasteiger partial charge in [-0.1, -0.05) is 35.5 Å². The van der Waals surface area contributed by atoms with E-state index in [1.54, 1.807) is 37.8 Å². The van der Waals surface area contributed by atoms with Crippen molar-refractivity contribution in [2.75, 3.05) is 20.2 Å². The van der Waals surface area contributed by atoms with Gasteiger partial charge in [0.1, 0.15) is 18.0 Å². The predicted molar refractivity (Wildman–Crippen MR) is 125 cm³/mol. The number of aryl methyl sites for hydroxylation is 1. The number of fused-ring (bicyclic) bond motifs is 1. The molecule has 0 saturated heterocycles. The maximum absolute atomic E-state index is 13.3. The van der Waals surface area contributed by atoms with Crippen LogP contribution < -0.4 is 4.74 Å². The van der Waals surface area contributed by atoms with Crippen LogP contribution in [0.15, 0.2) is 61.2 Å². The summed E-state index contributed by atoms with van der Waals surface area (Å²) in [5.74, 6) is -0.0937. The fraction of sp³-hybridized carbons (Fsp3) is 0.280. The van der Waals surface area contributed by atoms with Crippen molar-refractivity contribution in [2.45, 2.75) is 25.6 Å². The maximum Gasteiger partial charge on any atom is 0.406 e. The average molecular weight is 496 g/mol. The van der Waals surface area contributed by atoms with Gasteiger partial charge in [-0.3, -0.25) is 4.79 Å². The van der Waals surface area contributed by atoms with Gasteiger partial charge in [-0.2, -0.15) is 13.2 Å². The molecule has 1 amide bonds. The van der Waals surface area contributed by atoms with Crippen molar-refractivity contribution < 1.29 is 22.7 Å². The number of aromatic nitrogens is 5. The van der Waals surface area contributed by atoms with Gasteiger partial charge in [-0.05, 0) is 36.6 Å². The standard InChI is InChI=1S/C25H23F3N6O2/c1-16-12-33(15-29-16)21-8-7-18(11-22(21)36-2)20-13-34(31-30-20)23-19-6-4-3-5-17(19)9-10-32(24(23)35)14-25(26,27)28/h3-8,11-13,15,23H,9-10,14H2,1-2H3. The summed E-state index contributed by atoms with van der Waals surface area (Å²) >= 11 is 0. The molecule has 2 aromatic carbocycles. The van der Waals surface area contributed by atoms with Crippen LogP contribution in [0, 0.1) is 6.92 Å². The lowest BCUT2D eigenvalue weighted by atomic mass is 9.99. The van der Waals surface area contributed by atoms with Crippen LogP contribution in [0.2, 0.25) is 0 Å². The molecule has 0 saturated carbocycles. The molecule has 1 aliphatic rings. The number of benzene rings is 2. The molecule has 0 spiro atoms. The first-order valence-corrected chi connectivity index (χ1v) is 11.3. The van der Waals surface area contributed by atoms with Crippen molar-refractivity contribution in [1.82, 2.24) is 29.4 Å². The minimum absolute atomic E-state index is 0.0280. The molecule has 2 aromatic heterocycles. The highest BCUT2D eigenvalue weighted by Gasteiger charge is 2.39. The van der Waals surface area contributed by atoms with Crippen molar-refractivity contribution in [1.29, 1.82) is 0 Å². The summed E-state index contributed by atoms with van der Waals surface area (Å²) in [5.41, 5.74) is 4.20. The molecule has 8 nitrogen and oxygen atoms in total. The molecule has 5 rings (SSSR count). The summed E-state index contributed by atoms with van der Waals surface area (Å²) in [6.07, 6.45) is 0.950. The smallest absolute Gasteiger partial charge is 0.406 e. The Labute approximate surface area is 204 Å². The highest BCUT2D eigenvalue weighted by atomic mass is 19.4. The Morgan fingerprint density at radius 2 is 1.94 bits per heavy atom. The number of amides is 1. The van der Waals surface area contributed by atoms with Gasteiger partial charge in [0.2, 0.25) is 0 Å². The minimum atomic E-state index is -4.50. The Morgan fingerprint density at radius 3 is 2.67 bits per heavy atom. The van der Waals surface area contributed by atoms with Crippen molar-refractivity contribution in [3.8, 4) is 22.7 Å². The molecule has 0 N–H and O–H groups in total. The third-order valence-corrected chi connectivity index (χ3v) is 6.16. The minimum Gasteiger partial charge on any atom is -0.495 e. The third kappa shape index (κ3) is 4.56. The topological polar surface area (TPSA) is 78.1 Å². The molecule has 11 heteroatoms. The second-order valence-corrected chi connectivity index (χ2v) is 8.62. The number of ether oxygens (including phenoxy) is 1. The number of hydrogen-bond donors (Lipinski definition) is 0. The second-order valence-electron chi connectivity index (χ2n) is 8.62. The Morgan fingerprint density at radius 1 is 1.14 bits per heavy atom. The van der Waals surface area contributed by atoms with Gasteiger partial charge in [0.15, 0.2) is 6.04 Å². The molecule has 0 aliphatic carbocycles. The number of methoxy groups -OCH3 is 1. The summed E-state index contributed by atoms with van der Waals surface area (Å²) < 4.78 is 48.4. The fourth-order valence-electron chi connectivity index (χ4n) is 4.47. The molecular formula is C25H23F3N6O2. The molecule has 0 radical (unpaired) electrons. The van der Waals surface area contributed by atoms with Gasteiger partial charge in [-0.25, -0.2) is 9.67 Å². The molecule has 36 heavy (non-hydrogen) atoms. The number of halogens is 3. The monoisotopic (exact) mass is 496 g/mol. The van der Waals surface area contributed by atoms with Gasteiger partial charge in [0.05, 0.1) is 31.0 Å². The Hall–Kier alpha value is -4.15. The van der Waals surface area contributed by atoms with Crippen LogP contribution in [-0.2, 0) is 11.2 Å². The first-order valence-electron chi connectivity index (χ1n) is 11.3. The maximum atomic E-state index is 13.3. The normalized spacial score (nSPS) is 16.1. The van der Waals surface area contributed by atoms with Crippen LogP contribution >= 0.6 is 0 Å². The van der Waals surface area contributed by atoms with E-state index in [0.29, 0.717) is 29.0 Å². The molecule has 3 heterocycles. The van der Waals surface area contributed by atoms with Crippen LogP contribution in [0.25, 0.3) is 16.9 Å². The van der Waals surface area contributed by atoms with Crippen molar-refractivity contribution in [3.05, 3.63) is 78.0 Å². The van der Waals surface area contributed by atoms with Crippen LogP contribution in [-0.4, -0.2) is 61.7 Å². The highest BCUT2D eigenvalue weighted by molar-refractivity contribution is 5.85. The molecular weight excluding hydrogens is 473 g/mol. The SMILES string of the molecule is COc1cc(-c2cn(C3C(=O)N(CC(F)(F)F)CCc4ccccc43)nn2)ccc1-n1cnc(C)c1. The summed E-state index contributed by atoms with van der Waals surface area (Å²) in [6.45, 7) is 0.544. The zero-order valence-electron chi connectivity index (χ0n) is 19.6. The van der Waals surface area contributed by atoms with Gasteiger partial charge in [0.25, 0.3) is 5.91 Å². The molecule has 1 atom stereocenters. The van der Waals surface area contributed by atoms with Gasteiger partial charge in [0, 0.05) is 18.3 Å². The number of hydrogen-bond acceptors (Lipinski definition) is 5. The molecule has 186 valence electrons. The van der Waals surface area contributed by atoms with Crippen LogP contribution in [0.5, 0.6) is 5.75 Å². The van der Waals surface area contributed by atoms with Crippen LogP contribution in [0.3, 0.4) is 0 Å². The summed E-state index contributed by atoms with van der Waals surface area (Å²) in [7, 11) is 1.56. The number of imidazole rings is 1. The largest absolute Gasteiger partial charge is 0.495 e. The van der Waals surface area contributed by atoms with Gasteiger partial charge < -0.3 is 14.2 Å². The highest BCUT2D eigenvalue weighted by Crippen LogP contribution is 2.32. The van der Waals surface area contributed by atoms with E-state index in [0.717, 1.165) is 21.8 Å². The fourth-order valence-corrected chi connectivity index (χ4v) is 4.47. The molecule has 1 aliphatic heterocycles. The number of carbonyl (C=O) groups excluding carboxylic acids is 1. The molecule has 4 aromatic rings. The lowest BCUT2D eigenvalue weighted by Crippen LogP contribution is -2.42. The van der Waals surface area contributed by atoms with Gasteiger partial charge in [-0.15, -0.1) is 5.10 Å². The number of carbonyl (C=O) groups is 1. The van der Waals surface area contributed by atoms with Crippen molar-refractivity contribution in [3.63, 3.8) is 0 Å². The van der Waals surface area contributed by atoms with E-state index >= 15 is 0 Å². The first kappa shape index (κ1) is 23.6. The van der Waals surface area contributed by atoms with E-state index in [1.165, 1.54) is 4.68 Å². The lowest BCUT2D eigenvalue weighted by Gasteiger charge is -2.25. The van der Waals surface area contributed by atoms with E-state index in [9.17, 15) is 18.0 Å². The zero-order valence-corrected chi connectivity index (χ0v) is 19.6. The van der Waals surface area contributed by atoms with Crippen molar-refractivity contribution >= 4 is 5.91 Å². The van der Waals surface area contributed by atoms with E-state index < -0.39 is 24.7 Å². The Balaban J connectivity index is 1.52. The summed E-state index contributed by atoms with van der Waals surface area (Å²) in [6, 6.07) is 11.6. The zero-order chi connectivity index (χ0) is 25.4. The van der Waals surface area contributed by atoms with Crippen LogP contribution in [0.1, 0.15) is 22.9 Å². The predicted octanol–water partition coefficient (Wildman–Crippen LogP) is 3.98. The molecule has 1 unspecified atom stereocenters. The van der Waals surface area contributed by atoms with E-state index in [2.05, 4.69) is 15.3 Å². The average Bonchev–Trinajstić information content (AvgIpc) is 3.48. The Bertz CT molecular complexity index is 1410. The molecule has 0 fully saturated rings. The van der Waals surface area contributed by atoms with Gasteiger partial charge >= 0.3 is 6.18 Å². The Kier molecular flexibility index (Phi) is 5.99. The second kappa shape index (κ2) is 9.14. The summed E-state index contributed by atoms with van der Waals surface area (Å²) in [4.78, 5) is 18.4. The van der Waals surface area contributed by atoms with E-state index in [4.69, 9.17) is 4.74 Å². The quantitative estimate of drug-likeness (QED) is 0.418. The summed E-state index contributed by atoms with van der Waals surface area (Å²) in [5, 5.41) is 8.39. The lowest BCUT2D eigenvalue weighted by molar-refractivity contribution is -0.162. The number of rotatable bonds is 5. The first-order chi connectivity index (χ1) is 17.2. The van der Waals surface area contributed by atoms with E-state index in [1.807, 2.05) is 42.0 Å². The van der Waals surface area contributed by atoms with Crippen LogP contribution in [0.4, 0.5) is 13.2 Å². The third-order valence-electron chi connectivity index (χ3n) is 6.16. The molecule has 0 bridgehead atoms. The van der Waals surface area contributed by atoms with Crippen molar-refractivity contribution in [2.24, 2.45) is 0 Å².